The van der Waals surface area contributed by atoms with E-state index in [4.69, 9.17) is 11.6 Å². The smallest absolute Gasteiger partial charge is 0.125 e. The molecule has 0 amide bonds. The monoisotopic (exact) mass is 282 g/mol. The molecular weight excluding hydrogens is 264 g/mol. The minimum absolute atomic E-state index is 0.471. The Morgan fingerprint density at radius 3 is 2.83 bits per heavy atom. The van der Waals surface area contributed by atoms with Crippen molar-refractivity contribution in [1.82, 2.24) is 9.55 Å². The predicted octanol–water partition coefficient (Wildman–Crippen LogP) is 4.40. The highest BCUT2D eigenvalue weighted by Crippen LogP contribution is 2.27. The fourth-order valence-corrected chi connectivity index (χ4v) is 3.29. The van der Waals surface area contributed by atoms with E-state index in [9.17, 15) is 0 Å². The molecule has 98 valence electrons. The Kier molecular flexibility index (Phi) is 4.57. The van der Waals surface area contributed by atoms with Gasteiger partial charge in [-0.25, -0.2) is 4.98 Å². The van der Waals surface area contributed by atoms with Crippen molar-refractivity contribution in [3.63, 3.8) is 0 Å². The van der Waals surface area contributed by atoms with E-state index in [2.05, 4.69) is 47.9 Å². The number of aromatic nitrogens is 2. The molecule has 0 aliphatic carbocycles. The highest BCUT2D eigenvalue weighted by molar-refractivity contribution is 7.98. The zero-order valence-electron chi connectivity index (χ0n) is 11.1. The number of hydrogen-bond donors (Lipinski definition) is 0. The Morgan fingerprint density at radius 2 is 2.22 bits per heavy atom. The third-order valence-electron chi connectivity index (χ3n) is 3.23. The second-order valence-corrected chi connectivity index (χ2v) is 5.72. The number of thioether (sulfide) groups is 1. The first-order chi connectivity index (χ1) is 8.71. The van der Waals surface area contributed by atoms with E-state index >= 15 is 0 Å². The van der Waals surface area contributed by atoms with Crippen molar-refractivity contribution in [1.29, 1.82) is 0 Å². The van der Waals surface area contributed by atoms with Crippen LogP contribution in [0.5, 0.6) is 0 Å². The standard InChI is InChI=1S/C14H19ClN2S/c1-4-11(9-18-3)17-13-6-5-10(2)7-12(13)16-14(17)8-15/h5-7,11H,4,8-9H2,1-3H3. The minimum atomic E-state index is 0.471. The molecule has 0 aliphatic rings. The topological polar surface area (TPSA) is 17.8 Å². The molecule has 1 heterocycles. The summed E-state index contributed by atoms with van der Waals surface area (Å²) in [5.74, 6) is 2.55. The Bertz CT molecular complexity index is 536. The number of alkyl halides is 1. The van der Waals surface area contributed by atoms with Gasteiger partial charge in [-0.1, -0.05) is 13.0 Å². The van der Waals surface area contributed by atoms with Gasteiger partial charge in [0.2, 0.25) is 0 Å². The summed E-state index contributed by atoms with van der Waals surface area (Å²) in [5, 5.41) is 0. The molecule has 1 aromatic carbocycles. The lowest BCUT2D eigenvalue weighted by Gasteiger charge is -2.19. The number of fused-ring (bicyclic) bond motifs is 1. The molecule has 0 bridgehead atoms. The number of benzene rings is 1. The van der Waals surface area contributed by atoms with Crippen LogP contribution in [0, 0.1) is 6.92 Å². The molecule has 2 nitrogen and oxygen atoms in total. The molecule has 0 saturated carbocycles. The van der Waals surface area contributed by atoms with Crippen LogP contribution in [0.4, 0.5) is 0 Å². The molecule has 4 heteroatoms. The number of halogens is 1. The number of imidazole rings is 1. The molecule has 1 aromatic heterocycles. The average molecular weight is 283 g/mol. The molecule has 0 aliphatic heterocycles. The molecule has 0 N–H and O–H groups in total. The van der Waals surface area contributed by atoms with Crippen molar-refractivity contribution in [3.05, 3.63) is 29.6 Å². The van der Waals surface area contributed by atoms with E-state index in [1.54, 1.807) is 0 Å². The van der Waals surface area contributed by atoms with Crippen molar-refractivity contribution < 1.29 is 0 Å². The first-order valence-electron chi connectivity index (χ1n) is 6.23. The Hall–Kier alpha value is -0.670. The highest BCUT2D eigenvalue weighted by atomic mass is 35.5. The van der Waals surface area contributed by atoms with Gasteiger partial charge in [0.25, 0.3) is 0 Å². The van der Waals surface area contributed by atoms with Gasteiger partial charge in [-0.15, -0.1) is 11.6 Å². The van der Waals surface area contributed by atoms with Gasteiger partial charge in [-0.05, 0) is 37.3 Å². The molecule has 0 spiro atoms. The molecular formula is C14H19ClN2S. The zero-order chi connectivity index (χ0) is 13.1. The van der Waals surface area contributed by atoms with Crippen molar-refractivity contribution in [2.75, 3.05) is 12.0 Å². The number of hydrogen-bond acceptors (Lipinski definition) is 2. The van der Waals surface area contributed by atoms with Crippen LogP contribution < -0.4 is 0 Å². The van der Waals surface area contributed by atoms with E-state index in [0.29, 0.717) is 11.9 Å². The second kappa shape index (κ2) is 5.98. The molecule has 18 heavy (non-hydrogen) atoms. The van der Waals surface area contributed by atoms with Crippen LogP contribution in [0.1, 0.15) is 30.8 Å². The number of nitrogens with zero attached hydrogens (tertiary/aromatic N) is 2. The van der Waals surface area contributed by atoms with Crippen molar-refractivity contribution in [2.24, 2.45) is 0 Å². The maximum Gasteiger partial charge on any atom is 0.125 e. The van der Waals surface area contributed by atoms with E-state index < -0.39 is 0 Å². The van der Waals surface area contributed by atoms with Gasteiger partial charge in [0, 0.05) is 11.8 Å². The van der Waals surface area contributed by atoms with Crippen LogP contribution in [0.3, 0.4) is 0 Å². The van der Waals surface area contributed by atoms with Gasteiger partial charge in [-0.3, -0.25) is 0 Å². The number of aryl methyl sites for hydroxylation is 1. The van der Waals surface area contributed by atoms with Gasteiger partial charge in [-0.2, -0.15) is 11.8 Å². The lowest BCUT2D eigenvalue weighted by Crippen LogP contribution is -2.13. The minimum Gasteiger partial charge on any atom is -0.323 e. The molecule has 0 radical (unpaired) electrons. The third-order valence-corrected chi connectivity index (χ3v) is 4.19. The summed E-state index contributed by atoms with van der Waals surface area (Å²) < 4.78 is 2.32. The predicted molar refractivity (Wildman–Crippen MR) is 81.7 cm³/mol. The number of rotatable bonds is 5. The maximum absolute atomic E-state index is 6.05. The van der Waals surface area contributed by atoms with Crippen LogP contribution >= 0.6 is 23.4 Å². The van der Waals surface area contributed by atoms with E-state index in [1.807, 2.05) is 11.8 Å². The van der Waals surface area contributed by atoms with Gasteiger partial charge in [0.05, 0.1) is 16.9 Å². The lowest BCUT2D eigenvalue weighted by molar-refractivity contribution is 0.538. The van der Waals surface area contributed by atoms with Crippen molar-refractivity contribution >= 4 is 34.4 Å². The van der Waals surface area contributed by atoms with Crippen molar-refractivity contribution in [3.8, 4) is 0 Å². The Labute approximate surface area is 118 Å². The van der Waals surface area contributed by atoms with E-state index in [-0.39, 0.29) is 0 Å². The normalized spacial score (nSPS) is 13.1. The first-order valence-corrected chi connectivity index (χ1v) is 8.16. The van der Waals surface area contributed by atoms with Crippen molar-refractivity contribution in [2.45, 2.75) is 32.2 Å². The van der Waals surface area contributed by atoms with Gasteiger partial charge in [0.1, 0.15) is 5.82 Å². The summed E-state index contributed by atoms with van der Waals surface area (Å²) in [6.07, 6.45) is 3.25. The quantitative estimate of drug-likeness (QED) is 0.757. The summed E-state index contributed by atoms with van der Waals surface area (Å²) in [5.41, 5.74) is 3.51. The summed E-state index contributed by atoms with van der Waals surface area (Å²) in [4.78, 5) is 4.66. The summed E-state index contributed by atoms with van der Waals surface area (Å²) in [6.45, 7) is 4.32. The largest absolute Gasteiger partial charge is 0.323 e. The highest BCUT2D eigenvalue weighted by Gasteiger charge is 2.17. The molecule has 1 atom stereocenters. The van der Waals surface area contributed by atoms with Gasteiger partial charge in [0.15, 0.2) is 0 Å². The average Bonchev–Trinajstić information content (AvgIpc) is 2.73. The second-order valence-electron chi connectivity index (χ2n) is 4.54. The Balaban J connectivity index is 2.58. The Morgan fingerprint density at radius 1 is 1.44 bits per heavy atom. The van der Waals surface area contributed by atoms with Gasteiger partial charge >= 0.3 is 0 Å². The van der Waals surface area contributed by atoms with E-state index in [0.717, 1.165) is 23.5 Å². The van der Waals surface area contributed by atoms with Crippen LogP contribution in [-0.4, -0.2) is 21.6 Å². The van der Waals surface area contributed by atoms with Gasteiger partial charge < -0.3 is 4.57 Å². The maximum atomic E-state index is 6.05. The fraction of sp³-hybridized carbons (Fsp3) is 0.500. The van der Waals surface area contributed by atoms with Crippen LogP contribution in [-0.2, 0) is 5.88 Å². The molecule has 0 saturated heterocycles. The van der Waals surface area contributed by atoms with E-state index in [1.165, 1.54) is 11.1 Å². The molecule has 2 rings (SSSR count). The molecule has 1 unspecified atom stereocenters. The third kappa shape index (κ3) is 2.52. The van der Waals surface area contributed by atoms with Crippen LogP contribution in [0.15, 0.2) is 18.2 Å². The summed E-state index contributed by atoms with van der Waals surface area (Å²) in [6, 6.07) is 6.91. The summed E-state index contributed by atoms with van der Waals surface area (Å²) >= 11 is 7.93. The fourth-order valence-electron chi connectivity index (χ4n) is 2.33. The lowest BCUT2D eigenvalue weighted by atomic mass is 10.2. The van der Waals surface area contributed by atoms with Crippen LogP contribution in [0.25, 0.3) is 11.0 Å². The molecule has 0 fully saturated rings. The first kappa shape index (κ1) is 13.8. The summed E-state index contributed by atoms with van der Waals surface area (Å²) in [7, 11) is 0. The SMILES string of the molecule is CCC(CSC)n1c(CCl)nc2cc(C)ccc21. The zero-order valence-corrected chi connectivity index (χ0v) is 12.7. The van der Waals surface area contributed by atoms with Crippen LogP contribution in [0.2, 0.25) is 0 Å². The molecule has 2 aromatic rings.